The zero-order valence-electron chi connectivity index (χ0n) is 15.4. The molecule has 1 fully saturated rings. The molecule has 1 saturated carbocycles. The minimum absolute atomic E-state index is 0.00140. The van der Waals surface area contributed by atoms with Gasteiger partial charge in [-0.25, -0.2) is 13.8 Å². The summed E-state index contributed by atoms with van der Waals surface area (Å²) in [5.74, 6) is -2.66. The lowest BCUT2D eigenvalue weighted by atomic mass is 10.1. The van der Waals surface area contributed by atoms with E-state index in [1.807, 2.05) is 6.08 Å². The third-order valence-corrected chi connectivity index (χ3v) is 4.89. The molecular formula is C20H23F2N3O2. The minimum atomic E-state index is -2.98. The van der Waals surface area contributed by atoms with Crippen LogP contribution in [0.25, 0.3) is 11.0 Å². The molecule has 3 rings (SSSR count). The number of carbonyl (C=O) groups is 2. The maximum atomic E-state index is 13.5. The van der Waals surface area contributed by atoms with Gasteiger partial charge in [-0.2, -0.15) is 0 Å². The first-order chi connectivity index (χ1) is 12.7. The molecule has 5 nitrogen and oxygen atoms in total. The summed E-state index contributed by atoms with van der Waals surface area (Å²) >= 11 is 0. The molecular weight excluding hydrogens is 352 g/mol. The lowest BCUT2D eigenvalue weighted by Crippen LogP contribution is -2.29. The first kappa shape index (κ1) is 19.2. The van der Waals surface area contributed by atoms with E-state index < -0.39 is 12.5 Å². The molecule has 0 bridgehead atoms. The van der Waals surface area contributed by atoms with Gasteiger partial charge in [0.25, 0.3) is 5.92 Å². The van der Waals surface area contributed by atoms with E-state index in [1.165, 1.54) is 10.6 Å². The maximum Gasteiger partial charge on any atom is 0.263 e. The van der Waals surface area contributed by atoms with Crippen molar-refractivity contribution in [3.05, 3.63) is 42.2 Å². The number of nitrogens with zero attached hydrogens (tertiary/aromatic N) is 2. The van der Waals surface area contributed by atoms with Crippen LogP contribution < -0.4 is 5.32 Å². The quantitative estimate of drug-likeness (QED) is 0.562. The largest absolute Gasteiger partial charge is 0.348 e. The molecule has 0 aliphatic heterocycles. The summed E-state index contributed by atoms with van der Waals surface area (Å²) in [6, 6.07) is 4.65. The number of halogens is 2. The van der Waals surface area contributed by atoms with Crippen LogP contribution >= 0.6 is 0 Å². The third kappa shape index (κ3) is 4.23. The third-order valence-electron chi connectivity index (χ3n) is 4.89. The van der Waals surface area contributed by atoms with Crippen LogP contribution in [0.3, 0.4) is 0 Å². The van der Waals surface area contributed by atoms with Crippen molar-refractivity contribution in [1.82, 2.24) is 14.9 Å². The molecule has 0 aromatic carbocycles. The molecule has 0 spiro atoms. The fraction of sp³-hybridized carbons (Fsp3) is 0.450. The highest BCUT2D eigenvalue weighted by Gasteiger charge is 2.42. The molecule has 1 N–H and O–H groups in total. The summed E-state index contributed by atoms with van der Waals surface area (Å²) < 4.78 is 28.3. The Hall–Kier alpha value is -2.57. The number of alkyl halides is 2. The molecule has 144 valence electrons. The second-order valence-electron chi connectivity index (χ2n) is 7.35. The van der Waals surface area contributed by atoms with Gasteiger partial charge < -0.3 is 9.88 Å². The predicted octanol–water partition coefficient (Wildman–Crippen LogP) is 3.89. The molecule has 1 aliphatic carbocycles. The van der Waals surface area contributed by atoms with Gasteiger partial charge in [0.1, 0.15) is 5.65 Å². The number of fused-ring (bicyclic) bond motifs is 1. The van der Waals surface area contributed by atoms with Gasteiger partial charge in [-0.3, -0.25) is 9.59 Å². The molecule has 27 heavy (non-hydrogen) atoms. The van der Waals surface area contributed by atoms with Crippen LogP contribution in [0.4, 0.5) is 8.78 Å². The van der Waals surface area contributed by atoms with Crippen molar-refractivity contribution in [3.63, 3.8) is 0 Å². The Labute approximate surface area is 156 Å². The van der Waals surface area contributed by atoms with E-state index in [0.717, 1.165) is 19.8 Å². The van der Waals surface area contributed by atoms with Crippen LogP contribution in [0.2, 0.25) is 0 Å². The Morgan fingerprint density at radius 1 is 1.52 bits per heavy atom. The summed E-state index contributed by atoms with van der Waals surface area (Å²) in [4.78, 5) is 28.0. The lowest BCUT2D eigenvalue weighted by Gasteiger charge is -2.16. The molecule has 1 aliphatic rings. The van der Waals surface area contributed by atoms with Crippen LogP contribution in [-0.2, 0) is 11.3 Å². The van der Waals surface area contributed by atoms with E-state index in [0.29, 0.717) is 28.9 Å². The van der Waals surface area contributed by atoms with Crippen molar-refractivity contribution in [1.29, 1.82) is 0 Å². The van der Waals surface area contributed by atoms with Gasteiger partial charge in [-0.1, -0.05) is 6.08 Å². The molecule has 0 unspecified atom stereocenters. The van der Waals surface area contributed by atoms with Crippen molar-refractivity contribution in [2.45, 2.75) is 45.2 Å². The Bertz CT molecular complexity index is 885. The fourth-order valence-electron chi connectivity index (χ4n) is 3.38. The highest BCUT2D eigenvalue weighted by atomic mass is 19.3. The number of allylic oxidation sites excluding steroid dienone is 1. The second kappa shape index (κ2) is 7.21. The van der Waals surface area contributed by atoms with Crippen molar-refractivity contribution in [2.75, 3.05) is 0 Å². The van der Waals surface area contributed by atoms with Gasteiger partial charge in [0.05, 0.1) is 24.0 Å². The Balaban J connectivity index is 1.82. The number of pyridine rings is 1. The number of hydrogen-bond acceptors (Lipinski definition) is 3. The van der Waals surface area contributed by atoms with Crippen molar-refractivity contribution >= 4 is 23.2 Å². The maximum absolute atomic E-state index is 13.5. The number of amides is 1. The Morgan fingerprint density at radius 3 is 2.89 bits per heavy atom. The first-order valence-corrected chi connectivity index (χ1v) is 8.98. The molecule has 2 heterocycles. The number of rotatable bonds is 8. The van der Waals surface area contributed by atoms with Gasteiger partial charge in [-0.05, 0) is 43.9 Å². The van der Waals surface area contributed by atoms with E-state index >= 15 is 0 Å². The highest BCUT2D eigenvalue weighted by Crippen LogP contribution is 2.41. The van der Waals surface area contributed by atoms with Crippen molar-refractivity contribution < 1.29 is 18.4 Å². The van der Waals surface area contributed by atoms with Crippen LogP contribution in [0, 0.1) is 11.8 Å². The van der Waals surface area contributed by atoms with Crippen molar-refractivity contribution in [3.8, 4) is 0 Å². The average Bonchev–Trinajstić information content (AvgIpc) is 3.29. The van der Waals surface area contributed by atoms with Gasteiger partial charge in [0, 0.05) is 18.2 Å². The van der Waals surface area contributed by atoms with Crippen molar-refractivity contribution in [2.24, 2.45) is 11.8 Å². The lowest BCUT2D eigenvalue weighted by molar-refractivity contribution is -0.123. The second-order valence-corrected chi connectivity index (χ2v) is 7.35. The summed E-state index contributed by atoms with van der Waals surface area (Å²) in [6.45, 7) is 5.67. The summed E-state index contributed by atoms with van der Waals surface area (Å²) in [5.41, 5.74) is 1.03. The number of aldehydes is 1. The molecule has 3 atom stereocenters. The van der Waals surface area contributed by atoms with Crippen LogP contribution in [0.5, 0.6) is 0 Å². The standard InChI is InChI=1S/C20H23F2N3O2/c1-4-5-13-9-16(13)19(27)23-12(2)17-7-6-14-8-15(10-26)25(18(14)24-17)11-20(3,21)22/h4,6-8,10,12-13,16H,1,5,9,11H2,2-3H3,(H,23,27)/t12-,13-,16-/m1/s1. The van der Waals surface area contributed by atoms with Crippen LogP contribution in [0.15, 0.2) is 30.9 Å². The smallest absolute Gasteiger partial charge is 0.263 e. The minimum Gasteiger partial charge on any atom is -0.348 e. The van der Waals surface area contributed by atoms with E-state index in [2.05, 4.69) is 16.9 Å². The number of carbonyl (C=O) groups excluding carboxylic acids is 2. The summed E-state index contributed by atoms with van der Waals surface area (Å²) in [7, 11) is 0. The molecule has 1 amide bonds. The van der Waals surface area contributed by atoms with E-state index in [1.54, 1.807) is 19.1 Å². The van der Waals surface area contributed by atoms with Crippen LogP contribution in [0.1, 0.15) is 48.9 Å². The predicted molar refractivity (Wildman–Crippen MR) is 98.7 cm³/mol. The highest BCUT2D eigenvalue weighted by molar-refractivity contribution is 5.87. The summed E-state index contributed by atoms with van der Waals surface area (Å²) in [5, 5.41) is 3.55. The van der Waals surface area contributed by atoms with Crippen LogP contribution in [-0.4, -0.2) is 27.7 Å². The van der Waals surface area contributed by atoms with E-state index in [4.69, 9.17) is 0 Å². The number of nitrogens with one attached hydrogen (secondary N) is 1. The molecule has 0 radical (unpaired) electrons. The molecule has 2 aromatic rings. The average molecular weight is 375 g/mol. The SMILES string of the molecule is C=CC[C@@H]1C[C@H]1C(=O)N[C@H](C)c1ccc2cc(C=O)n(CC(C)(F)F)c2n1. The Morgan fingerprint density at radius 2 is 2.26 bits per heavy atom. The number of hydrogen-bond donors (Lipinski definition) is 1. The van der Waals surface area contributed by atoms with Gasteiger partial charge in [-0.15, -0.1) is 6.58 Å². The van der Waals surface area contributed by atoms with Gasteiger partial charge >= 0.3 is 0 Å². The topological polar surface area (TPSA) is 64.0 Å². The van der Waals surface area contributed by atoms with E-state index in [-0.39, 0.29) is 23.6 Å². The van der Waals surface area contributed by atoms with Gasteiger partial charge in [0.15, 0.2) is 6.29 Å². The number of aromatic nitrogens is 2. The molecule has 0 saturated heterocycles. The molecule has 7 heteroatoms. The zero-order chi connectivity index (χ0) is 19.8. The monoisotopic (exact) mass is 375 g/mol. The summed E-state index contributed by atoms with van der Waals surface area (Å²) in [6.07, 6.45) is 4.04. The normalized spacial score (nSPS) is 20.3. The first-order valence-electron chi connectivity index (χ1n) is 8.98. The van der Waals surface area contributed by atoms with Gasteiger partial charge in [0.2, 0.25) is 5.91 Å². The molecule has 2 aromatic heterocycles. The fourth-order valence-corrected chi connectivity index (χ4v) is 3.38. The zero-order valence-corrected chi connectivity index (χ0v) is 15.4. The Kier molecular flexibility index (Phi) is 5.13. The van der Waals surface area contributed by atoms with E-state index in [9.17, 15) is 18.4 Å².